The van der Waals surface area contributed by atoms with Crippen LogP contribution in [0.25, 0.3) is 0 Å². The van der Waals surface area contributed by atoms with Gasteiger partial charge in [0.25, 0.3) is 0 Å². The maximum absolute atomic E-state index is 4.40. The lowest BCUT2D eigenvalue weighted by Gasteiger charge is -2.10. The average Bonchev–Trinajstić information content (AvgIpc) is 2.11. The van der Waals surface area contributed by atoms with Crippen molar-refractivity contribution in [3.05, 3.63) is 23.6 Å². The van der Waals surface area contributed by atoms with Crippen molar-refractivity contribution in [2.45, 2.75) is 34.6 Å². The number of rotatable bonds is 5. The van der Waals surface area contributed by atoms with Crippen molar-refractivity contribution in [2.75, 3.05) is 0 Å². The largest absolute Gasteiger partial charge is 0.220 e. The molecule has 0 unspecified atom stereocenters. The van der Waals surface area contributed by atoms with Crippen LogP contribution in [0.1, 0.15) is 34.6 Å². The first kappa shape index (κ1) is 13.5. The molecule has 0 aliphatic rings. The van der Waals surface area contributed by atoms with E-state index in [1.165, 1.54) is 11.9 Å². The van der Waals surface area contributed by atoms with Crippen molar-refractivity contribution in [3.8, 4) is 0 Å². The van der Waals surface area contributed by atoms with Crippen molar-refractivity contribution < 1.29 is 0 Å². The Labute approximate surface area is 92.5 Å². The molecule has 0 aliphatic heterocycles. The van der Waals surface area contributed by atoms with E-state index in [0.29, 0.717) is 11.8 Å². The van der Waals surface area contributed by atoms with Gasteiger partial charge in [0.15, 0.2) is 0 Å². The third-order valence-electron chi connectivity index (χ3n) is 2.19. The van der Waals surface area contributed by atoms with E-state index in [1.54, 1.807) is 0 Å². The number of hydrogen-bond acceptors (Lipinski definition) is 2. The Hall–Kier alpha value is -0.500. The molecule has 0 aromatic carbocycles. The molecule has 0 spiro atoms. The van der Waals surface area contributed by atoms with E-state index in [9.17, 15) is 0 Å². The molecule has 0 amide bonds. The highest BCUT2D eigenvalue weighted by Gasteiger charge is 2.05. The predicted octanol–water partition coefficient (Wildman–Crippen LogP) is 4.48. The van der Waals surface area contributed by atoms with Gasteiger partial charge < -0.3 is 0 Å². The molecule has 80 valence electrons. The second-order valence-corrected chi connectivity index (χ2v) is 4.94. The third kappa shape index (κ3) is 4.66. The summed E-state index contributed by atoms with van der Waals surface area (Å²) in [7, 11) is 0. The molecule has 2 heteroatoms. The molecule has 1 nitrogen and oxygen atoms in total. The van der Waals surface area contributed by atoms with Gasteiger partial charge in [0.1, 0.15) is 0 Å². The Kier molecular flexibility index (Phi) is 5.86. The van der Waals surface area contributed by atoms with Gasteiger partial charge in [0.05, 0.1) is 0 Å². The highest BCUT2D eigenvalue weighted by Crippen LogP contribution is 2.27. The Morgan fingerprint density at radius 1 is 1.07 bits per heavy atom. The first-order valence-electron chi connectivity index (χ1n) is 4.95. The monoisotopic (exact) mass is 211 g/mol. The minimum absolute atomic E-state index is 0.449. The fourth-order valence-electron chi connectivity index (χ4n) is 0.613. The quantitative estimate of drug-likeness (QED) is 0.371. The van der Waals surface area contributed by atoms with Crippen molar-refractivity contribution in [1.82, 2.24) is 0 Å². The average molecular weight is 211 g/mol. The van der Waals surface area contributed by atoms with Gasteiger partial charge in [-0.15, -0.1) is 0 Å². The van der Waals surface area contributed by atoms with Gasteiger partial charge in [-0.1, -0.05) is 40.9 Å². The van der Waals surface area contributed by atoms with Crippen LogP contribution in [0.4, 0.5) is 0 Å². The van der Waals surface area contributed by atoms with Crippen molar-refractivity contribution in [3.63, 3.8) is 0 Å². The standard InChI is InChI=1S/C12H21NS/c1-8(2)10(5)12(7)14-13-11(6)9(3)4/h8-9H,5,7H2,1-4,6H3/b13-11+. The molecule has 0 rings (SSSR count). The summed E-state index contributed by atoms with van der Waals surface area (Å²) in [4.78, 5) is 0.972. The highest BCUT2D eigenvalue weighted by molar-refractivity contribution is 8.02. The van der Waals surface area contributed by atoms with E-state index in [-0.39, 0.29) is 0 Å². The predicted molar refractivity (Wildman–Crippen MR) is 68.7 cm³/mol. The van der Waals surface area contributed by atoms with Gasteiger partial charge in [-0.25, -0.2) is 4.40 Å². The molecule has 0 heterocycles. The van der Waals surface area contributed by atoms with E-state index in [0.717, 1.165) is 16.2 Å². The summed E-state index contributed by atoms with van der Waals surface area (Å²) >= 11 is 1.44. The van der Waals surface area contributed by atoms with Gasteiger partial charge in [-0.2, -0.15) is 0 Å². The van der Waals surface area contributed by atoms with Crippen molar-refractivity contribution in [2.24, 2.45) is 16.2 Å². The van der Waals surface area contributed by atoms with Crippen LogP contribution in [0.2, 0.25) is 0 Å². The highest BCUT2D eigenvalue weighted by atomic mass is 32.2. The lowest BCUT2D eigenvalue weighted by molar-refractivity contribution is 0.793. The first-order valence-corrected chi connectivity index (χ1v) is 5.73. The minimum Gasteiger partial charge on any atom is -0.220 e. The number of allylic oxidation sites excluding steroid dienone is 1. The van der Waals surface area contributed by atoms with Gasteiger partial charge in [0.2, 0.25) is 0 Å². The Balaban J connectivity index is 4.22. The zero-order valence-electron chi connectivity index (χ0n) is 9.92. The molecule has 0 aromatic heterocycles. The molecule has 0 saturated heterocycles. The first-order chi connectivity index (χ1) is 6.36. The van der Waals surface area contributed by atoms with E-state index in [1.807, 2.05) is 6.92 Å². The third-order valence-corrected chi connectivity index (χ3v) is 3.05. The summed E-state index contributed by atoms with van der Waals surface area (Å²) in [6.07, 6.45) is 0. The Morgan fingerprint density at radius 2 is 1.57 bits per heavy atom. The summed E-state index contributed by atoms with van der Waals surface area (Å²) in [6.45, 7) is 18.5. The topological polar surface area (TPSA) is 12.4 Å². The summed E-state index contributed by atoms with van der Waals surface area (Å²) in [6, 6.07) is 0. The van der Waals surface area contributed by atoms with Gasteiger partial charge in [-0.05, 0) is 24.3 Å². The molecule has 0 fully saturated rings. The van der Waals surface area contributed by atoms with Crippen LogP contribution in [-0.4, -0.2) is 5.71 Å². The van der Waals surface area contributed by atoms with E-state index in [2.05, 4.69) is 45.3 Å². The summed E-state index contributed by atoms with van der Waals surface area (Å²) in [5.41, 5.74) is 2.23. The molecular formula is C12H21NS. The van der Waals surface area contributed by atoms with Gasteiger partial charge >= 0.3 is 0 Å². The maximum atomic E-state index is 4.40. The molecule has 0 aliphatic carbocycles. The molecule has 14 heavy (non-hydrogen) atoms. The van der Waals surface area contributed by atoms with E-state index in [4.69, 9.17) is 0 Å². The van der Waals surface area contributed by atoms with Crippen LogP contribution in [0.3, 0.4) is 0 Å². The van der Waals surface area contributed by atoms with Gasteiger partial charge in [-0.3, -0.25) is 0 Å². The van der Waals surface area contributed by atoms with Gasteiger partial charge in [0, 0.05) is 22.6 Å². The number of hydrogen-bond donors (Lipinski definition) is 0. The molecular weight excluding hydrogens is 190 g/mol. The summed E-state index contributed by atoms with van der Waals surface area (Å²) in [5.74, 6) is 0.951. The summed E-state index contributed by atoms with van der Waals surface area (Å²) in [5, 5.41) is 0. The molecule has 0 radical (unpaired) electrons. The maximum Gasteiger partial charge on any atom is 0.0262 e. The fraction of sp³-hybridized carbons (Fsp3) is 0.583. The molecule has 0 bridgehead atoms. The van der Waals surface area contributed by atoms with Crippen LogP contribution in [-0.2, 0) is 0 Å². The molecule has 0 aromatic rings. The van der Waals surface area contributed by atoms with E-state index >= 15 is 0 Å². The van der Waals surface area contributed by atoms with Crippen LogP contribution >= 0.6 is 11.9 Å². The van der Waals surface area contributed by atoms with Crippen molar-refractivity contribution >= 4 is 17.7 Å². The Bertz CT molecular complexity index is 249. The molecule has 0 atom stereocenters. The van der Waals surface area contributed by atoms with Crippen LogP contribution in [0.15, 0.2) is 28.0 Å². The second kappa shape index (κ2) is 6.07. The van der Waals surface area contributed by atoms with Crippen molar-refractivity contribution in [1.29, 1.82) is 0 Å². The fourth-order valence-corrected chi connectivity index (χ4v) is 1.43. The zero-order valence-corrected chi connectivity index (χ0v) is 10.7. The lowest BCUT2D eigenvalue weighted by Crippen LogP contribution is -2.00. The zero-order chi connectivity index (χ0) is 11.3. The lowest BCUT2D eigenvalue weighted by atomic mass is 10.1. The SMILES string of the molecule is C=C(S/N=C(\C)C(C)C)C(=C)C(C)C. The smallest absolute Gasteiger partial charge is 0.0262 e. The molecule has 0 N–H and O–H groups in total. The number of nitrogens with zero attached hydrogens (tertiary/aromatic N) is 1. The normalized spacial score (nSPS) is 12.4. The molecule has 0 saturated carbocycles. The van der Waals surface area contributed by atoms with Crippen LogP contribution in [0.5, 0.6) is 0 Å². The van der Waals surface area contributed by atoms with E-state index < -0.39 is 0 Å². The Morgan fingerprint density at radius 3 is 1.93 bits per heavy atom. The second-order valence-electron chi connectivity index (χ2n) is 4.08. The van der Waals surface area contributed by atoms with Crippen LogP contribution in [0, 0.1) is 11.8 Å². The minimum atomic E-state index is 0.449. The summed E-state index contributed by atoms with van der Waals surface area (Å²) < 4.78 is 4.40. The van der Waals surface area contributed by atoms with Crippen LogP contribution < -0.4 is 0 Å².